The Morgan fingerprint density at radius 2 is 1.96 bits per heavy atom. The third kappa shape index (κ3) is 3.96. The van der Waals surface area contributed by atoms with Gasteiger partial charge in [0, 0.05) is 21.5 Å². The minimum absolute atomic E-state index is 0.139. The van der Waals surface area contributed by atoms with Gasteiger partial charge in [-0.15, -0.1) is 11.8 Å². The number of halogens is 2. The molecule has 1 heterocycles. The minimum atomic E-state index is -0.139. The summed E-state index contributed by atoms with van der Waals surface area (Å²) in [5.41, 5.74) is 1.43. The van der Waals surface area contributed by atoms with E-state index < -0.39 is 0 Å². The molecule has 0 radical (unpaired) electrons. The van der Waals surface area contributed by atoms with Crippen molar-refractivity contribution in [1.29, 1.82) is 0 Å². The Bertz CT molecular complexity index is 865. The molecule has 0 spiro atoms. The molecule has 3 aromatic rings. The maximum absolute atomic E-state index is 12.1. The predicted octanol–water partition coefficient (Wildman–Crippen LogP) is 5.27. The van der Waals surface area contributed by atoms with Gasteiger partial charge in [0.2, 0.25) is 5.91 Å². The van der Waals surface area contributed by atoms with E-state index in [0.717, 1.165) is 15.8 Å². The average Bonchev–Trinajstić information content (AvgIpc) is 2.56. The Morgan fingerprint density at radius 1 is 1.13 bits per heavy atom. The highest BCUT2D eigenvalue weighted by molar-refractivity contribution is 8.00. The minimum Gasteiger partial charge on any atom is -0.324 e. The van der Waals surface area contributed by atoms with E-state index in [0.29, 0.717) is 15.7 Å². The summed E-state index contributed by atoms with van der Waals surface area (Å²) in [6, 6.07) is 14.7. The van der Waals surface area contributed by atoms with Gasteiger partial charge in [-0.2, -0.15) is 0 Å². The first-order valence-corrected chi connectivity index (χ1v) is 8.59. The van der Waals surface area contributed by atoms with Gasteiger partial charge in [0.25, 0.3) is 0 Å². The molecule has 23 heavy (non-hydrogen) atoms. The summed E-state index contributed by atoms with van der Waals surface area (Å²) in [4.78, 5) is 17.5. The maximum atomic E-state index is 12.1. The lowest BCUT2D eigenvalue weighted by molar-refractivity contribution is -0.113. The molecule has 116 valence electrons. The Hall–Kier alpha value is -1.75. The number of thioether (sulfide) groups is 1. The van der Waals surface area contributed by atoms with Crippen molar-refractivity contribution in [2.45, 2.75) is 4.90 Å². The third-order valence-electron chi connectivity index (χ3n) is 3.17. The molecule has 0 aliphatic rings. The lowest BCUT2D eigenvalue weighted by atomic mass is 10.2. The van der Waals surface area contributed by atoms with Crippen molar-refractivity contribution in [3.8, 4) is 0 Å². The van der Waals surface area contributed by atoms with Crippen molar-refractivity contribution in [1.82, 2.24) is 4.98 Å². The standard InChI is InChI=1S/C17H12Cl2N2OS/c18-11-5-6-13(19)15(9-11)21-17(22)10-23-16-7-8-20-14-4-2-1-3-12(14)16/h1-9H,10H2,(H,21,22). The van der Waals surface area contributed by atoms with Gasteiger partial charge in [0.05, 0.1) is 22.0 Å². The predicted molar refractivity (Wildman–Crippen MR) is 97.6 cm³/mol. The number of para-hydroxylation sites is 1. The average molecular weight is 363 g/mol. The second kappa shape index (κ2) is 7.21. The van der Waals surface area contributed by atoms with Crippen LogP contribution in [0.5, 0.6) is 0 Å². The lowest BCUT2D eigenvalue weighted by Gasteiger charge is -2.08. The van der Waals surface area contributed by atoms with E-state index in [1.54, 1.807) is 24.4 Å². The van der Waals surface area contributed by atoms with E-state index in [4.69, 9.17) is 23.2 Å². The Kier molecular flexibility index (Phi) is 5.06. The van der Waals surface area contributed by atoms with Crippen molar-refractivity contribution in [2.24, 2.45) is 0 Å². The summed E-state index contributed by atoms with van der Waals surface area (Å²) in [7, 11) is 0. The maximum Gasteiger partial charge on any atom is 0.234 e. The van der Waals surface area contributed by atoms with Crippen molar-refractivity contribution >= 4 is 57.5 Å². The largest absolute Gasteiger partial charge is 0.324 e. The van der Waals surface area contributed by atoms with Crippen molar-refractivity contribution < 1.29 is 4.79 Å². The van der Waals surface area contributed by atoms with Crippen LogP contribution in [0.2, 0.25) is 10.0 Å². The molecule has 6 heteroatoms. The zero-order chi connectivity index (χ0) is 16.2. The van der Waals surface area contributed by atoms with Crippen molar-refractivity contribution in [3.63, 3.8) is 0 Å². The van der Waals surface area contributed by atoms with Gasteiger partial charge in [-0.25, -0.2) is 0 Å². The van der Waals surface area contributed by atoms with Crippen LogP contribution in [0.4, 0.5) is 5.69 Å². The number of hydrogen-bond donors (Lipinski definition) is 1. The van der Waals surface area contributed by atoms with E-state index in [2.05, 4.69) is 10.3 Å². The Labute approximate surface area is 148 Å². The number of anilines is 1. The lowest BCUT2D eigenvalue weighted by Crippen LogP contribution is -2.14. The molecule has 0 aliphatic carbocycles. The van der Waals surface area contributed by atoms with Gasteiger partial charge in [0.1, 0.15) is 0 Å². The molecule has 0 bridgehead atoms. The number of rotatable bonds is 4. The molecule has 0 saturated carbocycles. The van der Waals surface area contributed by atoms with E-state index in [-0.39, 0.29) is 11.7 Å². The summed E-state index contributed by atoms with van der Waals surface area (Å²) >= 11 is 13.4. The zero-order valence-electron chi connectivity index (χ0n) is 11.9. The summed E-state index contributed by atoms with van der Waals surface area (Å²) < 4.78 is 0. The highest BCUT2D eigenvalue weighted by atomic mass is 35.5. The number of nitrogens with zero attached hydrogens (tertiary/aromatic N) is 1. The Morgan fingerprint density at radius 3 is 2.83 bits per heavy atom. The van der Waals surface area contributed by atoms with Crippen LogP contribution in [0.3, 0.4) is 0 Å². The second-order valence-electron chi connectivity index (χ2n) is 4.79. The third-order valence-corrected chi connectivity index (χ3v) is 4.81. The molecular weight excluding hydrogens is 351 g/mol. The van der Waals surface area contributed by atoms with Gasteiger partial charge < -0.3 is 5.32 Å². The normalized spacial score (nSPS) is 10.7. The fourth-order valence-corrected chi connectivity index (χ4v) is 3.30. The number of carbonyl (C=O) groups excluding carboxylic acids is 1. The molecule has 3 nitrogen and oxygen atoms in total. The first-order valence-electron chi connectivity index (χ1n) is 6.85. The van der Waals surface area contributed by atoms with Gasteiger partial charge in [0.15, 0.2) is 0 Å². The summed E-state index contributed by atoms with van der Waals surface area (Å²) in [6.07, 6.45) is 1.75. The fourth-order valence-electron chi connectivity index (χ4n) is 2.12. The van der Waals surface area contributed by atoms with E-state index in [1.807, 2.05) is 30.3 Å². The quantitative estimate of drug-likeness (QED) is 0.642. The first-order chi connectivity index (χ1) is 11.1. The van der Waals surface area contributed by atoms with E-state index in [9.17, 15) is 4.79 Å². The zero-order valence-corrected chi connectivity index (χ0v) is 14.3. The Balaban J connectivity index is 1.70. The molecular formula is C17H12Cl2N2OS. The number of aromatic nitrogens is 1. The molecule has 3 rings (SSSR count). The fraction of sp³-hybridized carbons (Fsp3) is 0.0588. The summed E-state index contributed by atoms with van der Waals surface area (Å²) in [6.45, 7) is 0. The smallest absolute Gasteiger partial charge is 0.234 e. The molecule has 0 unspecified atom stereocenters. The van der Waals surface area contributed by atoms with Gasteiger partial charge >= 0.3 is 0 Å². The molecule has 2 aromatic carbocycles. The first kappa shape index (κ1) is 16.1. The summed E-state index contributed by atoms with van der Waals surface area (Å²) in [5, 5.41) is 4.80. The number of carbonyl (C=O) groups is 1. The molecule has 0 fully saturated rings. The number of amides is 1. The van der Waals surface area contributed by atoms with Crippen LogP contribution in [-0.4, -0.2) is 16.6 Å². The van der Waals surface area contributed by atoms with Crippen LogP contribution < -0.4 is 5.32 Å². The molecule has 1 N–H and O–H groups in total. The van der Waals surface area contributed by atoms with Crippen molar-refractivity contribution in [3.05, 3.63) is 64.8 Å². The highest BCUT2D eigenvalue weighted by Crippen LogP contribution is 2.28. The second-order valence-corrected chi connectivity index (χ2v) is 6.65. The topological polar surface area (TPSA) is 42.0 Å². The number of pyridine rings is 1. The van der Waals surface area contributed by atoms with Gasteiger partial charge in [-0.3, -0.25) is 9.78 Å². The van der Waals surface area contributed by atoms with Crippen LogP contribution in [0.25, 0.3) is 10.9 Å². The summed E-state index contributed by atoms with van der Waals surface area (Å²) in [5.74, 6) is 0.136. The van der Waals surface area contributed by atoms with E-state index in [1.165, 1.54) is 11.8 Å². The molecule has 1 amide bonds. The van der Waals surface area contributed by atoms with Crippen LogP contribution >= 0.6 is 35.0 Å². The van der Waals surface area contributed by atoms with E-state index >= 15 is 0 Å². The van der Waals surface area contributed by atoms with Gasteiger partial charge in [-0.05, 0) is 30.3 Å². The number of benzene rings is 2. The number of fused-ring (bicyclic) bond motifs is 1. The monoisotopic (exact) mass is 362 g/mol. The molecule has 0 atom stereocenters. The molecule has 0 saturated heterocycles. The molecule has 1 aromatic heterocycles. The number of hydrogen-bond acceptors (Lipinski definition) is 3. The van der Waals surface area contributed by atoms with Crippen LogP contribution in [-0.2, 0) is 4.79 Å². The molecule has 0 aliphatic heterocycles. The SMILES string of the molecule is O=C(CSc1ccnc2ccccc12)Nc1cc(Cl)ccc1Cl. The van der Waals surface area contributed by atoms with Crippen LogP contribution in [0.15, 0.2) is 59.6 Å². The number of nitrogens with one attached hydrogen (secondary N) is 1. The van der Waals surface area contributed by atoms with Crippen molar-refractivity contribution in [2.75, 3.05) is 11.1 Å². The highest BCUT2D eigenvalue weighted by Gasteiger charge is 2.09. The van der Waals surface area contributed by atoms with Crippen LogP contribution in [0.1, 0.15) is 0 Å². The van der Waals surface area contributed by atoms with Gasteiger partial charge in [-0.1, -0.05) is 41.4 Å². The van der Waals surface area contributed by atoms with Crippen LogP contribution in [0, 0.1) is 0 Å².